The highest BCUT2D eigenvalue weighted by molar-refractivity contribution is 9.10. The fourth-order valence-corrected chi connectivity index (χ4v) is 1.88. The molecule has 74 valence electrons. The molecule has 1 heterocycles. The highest BCUT2D eigenvalue weighted by Crippen LogP contribution is 2.35. The van der Waals surface area contributed by atoms with E-state index < -0.39 is 6.43 Å². The number of hydrogen-bond acceptors (Lipinski definition) is 1. The van der Waals surface area contributed by atoms with Gasteiger partial charge < -0.3 is 4.42 Å². The number of alkyl halides is 2. The van der Waals surface area contributed by atoms with E-state index in [1.165, 1.54) is 0 Å². The summed E-state index contributed by atoms with van der Waals surface area (Å²) in [6, 6.07) is 5.33. The number of benzene rings is 1. The van der Waals surface area contributed by atoms with Crippen LogP contribution in [0.4, 0.5) is 8.78 Å². The zero-order valence-corrected chi connectivity index (χ0v) is 8.94. The van der Waals surface area contributed by atoms with Crippen LogP contribution >= 0.6 is 15.9 Å². The lowest BCUT2D eigenvalue weighted by molar-refractivity contribution is 0.123. The molecule has 0 aliphatic carbocycles. The van der Waals surface area contributed by atoms with Crippen LogP contribution in [0.3, 0.4) is 0 Å². The minimum Gasteiger partial charge on any atom is -0.454 e. The predicted octanol–water partition coefficient (Wildman–Crippen LogP) is 4.44. The molecule has 0 unspecified atom stereocenters. The van der Waals surface area contributed by atoms with E-state index in [-0.39, 0.29) is 5.76 Å². The second kappa shape index (κ2) is 3.35. The first-order valence-electron chi connectivity index (χ1n) is 4.07. The number of rotatable bonds is 1. The Bertz CT molecular complexity index is 476. The third-order valence-electron chi connectivity index (χ3n) is 2.15. The standard InChI is InChI=1S/C10H7BrF2O/c1-5-6-3-2-4-7(11)9(6)14-8(5)10(12)13/h2-4,10H,1H3. The van der Waals surface area contributed by atoms with Gasteiger partial charge in [-0.25, -0.2) is 8.78 Å². The molecule has 0 aliphatic rings. The highest BCUT2D eigenvalue weighted by atomic mass is 79.9. The average molecular weight is 261 g/mol. The number of para-hydroxylation sites is 1. The molecule has 0 atom stereocenters. The van der Waals surface area contributed by atoms with Gasteiger partial charge in [0.15, 0.2) is 5.76 Å². The van der Waals surface area contributed by atoms with Gasteiger partial charge in [0.1, 0.15) is 5.58 Å². The Hall–Kier alpha value is -0.900. The SMILES string of the molecule is Cc1c(C(F)F)oc2c(Br)cccc12. The maximum Gasteiger partial charge on any atom is 0.295 e. The predicted molar refractivity (Wildman–Crippen MR) is 53.6 cm³/mol. The van der Waals surface area contributed by atoms with Crippen molar-refractivity contribution < 1.29 is 13.2 Å². The molecule has 1 nitrogen and oxygen atoms in total. The van der Waals surface area contributed by atoms with Crippen molar-refractivity contribution in [1.82, 2.24) is 0 Å². The van der Waals surface area contributed by atoms with Gasteiger partial charge in [-0.1, -0.05) is 12.1 Å². The van der Waals surface area contributed by atoms with E-state index in [4.69, 9.17) is 4.42 Å². The molecular formula is C10H7BrF2O. The summed E-state index contributed by atoms with van der Waals surface area (Å²) in [5.74, 6) is -0.244. The summed E-state index contributed by atoms with van der Waals surface area (Å²) in [4.78, 5) is 0. The van der Waals surface area contributed by atoms with Gasteiger partial charge in [-0.15, -0.1) is 0 Å². The van der Waals surface area contributed by atoms with Crippen molar-refractivity contribution in [2.24, 2.45) is 0 Å². The van der Waals surface area contributed by atoms with Crippen LogP contribution in [0.2, 0.25) is 0 Å². The van der Waals surface area contributed by atoms with Gasteiger partial charge in [-0.2, -0.15) is 0 Å². The third-order valence-corrected chi connectivity index (χ3v) is 2.78. The Morgan fingerprint density at radius 3 is 2.64 bits per heavy atom. The molecule has 1 aromatic carbocycles. The monoisotopic (exact) mass is 260 g/mol. The molecule has 2 rings (SSSR count). The summed E-state index contributed by atoms with van der Waals surface area (Å²) in [7, 11) is 0. The molecule has 0 amide bonds. The lowest BCUT2D eigenvalue weighted by atomic mass is 10.1. The van der Waals surface area contributed by atoms with E-state index in [0.29, 0.717) is 15.6 Å². The second-order valence-electron chi connectivity index (χ2n) is 3.01. The summed E-state index contributed by atoms with van der Waals surface area (Å²) in [6.07, 6.45) is -2.56. The van der Waals surface area contributed by atoms with Crippen molar-refractivity contribution in [2.75, 3.05) is 0 Å². The molecule has 0 saturated carbocycles. The number of hydrogen-bond donors (Lipinski definition) is 0. The van der Waals surface area contributed by atoms with Gasteiger partial charge in [0.2, 0.25) is 0 Å². The molecule has 1 aromatic heterocycles. The smallest absolute Gasteiger partial charge is 0.295 e. The average Bonchev–Trinajstić information content (AvgIpc) is 2.46. The number of furan rings is 1. The minimum atomic E-state index is -2.56. The topological polar surface area (TPSA) is 13.1 Å². The number of halogens is 3. The molecule has 0 spiro atoms. The van der Waals surface area contributed by atoms with Crippen molar-refractivity contribution in [2.45, 2.75) is 13.3 Å². The first kappa shape index (κ1) is 9.65. The first-order valence-corrected chi connectivity index (χ1v) is 4.86. The van der Waals surface area contributed by atoms with Crippen molar-refractivity contribution in [1.29, 1.82) is 0 Å². The number of aryl methyl sites for hydroxylation is 1. The first-order chi connectivity index (χ1) is 6.61. The molecular weight excluding hydrogens is 254 g/mol. The quantitative estimate of drug-likeness (QED) is 0.739. The highest BCUT2D eigenvalue weighted by Gasteiger charge is 2.19. The molecule has 0 saturated heterocycles. The van der Waals surface area contributed by atoms with Crippen LogP contribution in [0.15, 0.2) is 27.1 Å². The normalized spacial score (nSPS) is 11.5. The summed E-state index contributed by atoms with van der Waals surface area (Å²) in [5, 5.41) is 0.731. The van der Waals surface area contributed by atoms with E-state index in [2.05, 4.69) is 15.9 Å². The van der Waals surface area contributed by atoms with Crippen LogP contribution in [0, 0.1) is 6.92 Å². The molecule has 0 bridgehead atoms. The van der Waals surface area contributed by atoms with Crippen LogP contribution in [-0.2, 0) is 0 Å². The fourth-order valence-electron chi connectivity index (χ4n) is 1.44. The van der Waals surface area contributed by atoms with Gasteiger partial charge in [-0.05, 0) is 28.9 Å². The molecule has 0 radical (unpaired) electrons. The summed E-state index contributed by atoms with van der Waals surface area (Å²) < 4.78 is 30.8. The molecule has 4 heteroatoms. The second-order valence-corrected chi connectivity index (χ2v) is 3.86. The lowest BCUT2D eigenvalue weighted by Gasteiger charge is -1.93. The Morgan fingerprint density at radius 1 is 1.36 bits per heavy atom. The number of fused-ring (bicyclic) bond motifs is 1. The third kappa shape index (κ3) is 1.34. The molecule has 0 aliphatic heterocycles. The maximum absolute atomic E-state index is 12.5. The van der Waals surface area contributed by atoms with Crippen LogP contribution < -0.4 is 0 Å². The van der Waals surface area contributed by atoms with Crippen LogP contribution in [-0.4, -0.2) is 0 Å². The van der Waals surface area contributed by atoms with E-state index in [0.717, 1.165) is 5.39 Å². The maximum atomic E-state index is 12.5. The zero-order valence-electron chi connectivity index (χ0n) is 7.35. The fraction of sp³-hybridized carbons (Fsp3) is 0.200. The van der Waals surface area contributed by atoms with E-state index >= 15 is 0 Å². The Labute approximate surface area is 87.8 Å². The Balaban J connectivity index is 2.80. The van der Waals surface area contributed by atoms with Crippen molar-refractivity contribution >= 4 is 26.9 Å². The van der Waals surface area contributed by atoms with Crippen molar-refractivity contribution in [3.63, 3.8) is 0 Å². The molecule has 14 heavy (non-hydrogen) atoms. The van der Waals surface area contributed by atoms with Crippen LogP contribution in [0.5, 0.6) is 0 Å². The lowest BCUT2D eigenvalue weighted by Crippen LogP contribution is -1.81. The van der Waals surface area contributed by atoms with Gasteiger partial charge in [0.05, 0.1) is 4.47 Å². The van der Waals surface area contributed by atoms with E-state index in [1.807, 2.05) is 0 Å². The van der Waals surface area contributed by atoms with Gasteiger partial charge >= 0.3 is 0 Å². The van der Waals surface area contributed by atoms with Gasteiger partial charge in [-0.3, -0.25) is 0 Å². The molecule has 0 fully saturated rings. The molecule has 0 N–H and O–H groups in total. The zero-order chi connectivity index (χ0) is 10.3. The molecule has 2 aromatic rings. The summed E-state index contributed by atoms with van der Waals surface area (Å²) >= 11 is 3.25. The Kier molecular flexibility index (Phi) is 2.31. The van der Waals surface area contributed by atoms with E-state index in [1.54, 1.807) is 25.1 Å². The Morgan fingerprint density at radius 2 is 2.07 bits per heavy atom. The van der Waals surface area contributed by atoms with Gasteiger partial charge in [0.25, 0.3) is 6.43 Å². The van der Waals surface area contributed by atoms with E-state index in [9.17, 15) is 8.78 Å². The largest absolute Gasteiger partial charge is 0.454 e. The summed E-state index contributed by atoms with van der Waals surface area (Å²) in [5.41, 5.74) is 0.997. The summed E-state index contributed by atoms with van der Waals surface area (Å²) in [6.45, 7) is 1.64. The van der Waals surface area contributed by atoms with Crippen molar-refractivity contribution in [3.8, 4) is 0 Å². The van der Waals surface area contributed by atoms with Gasteiger partial charge in [0, 0.05) is 10.9 Å². The van der Waals surface area contributed by atoms with Crippen LogP contribution in [0.25, 0.3) is 11.0 Å². The minimum absolute atomic E-state index is 0.244. The van der Waals surface area contributed by atoms with Crippen LogP contribution in [0.1, 0.15) is 17.7 Å². The van der Waals surface area contributed by atoms with Crippen molar-refractivity contribution in [3.05, 3.63) is 34.0 Å².